The molecule has 0 radical (unpaired) electrons. The van der Waals surface area contributed by atoms with Gasteiger partial charge in [-0.15, -0.1) is 0 Å². The molecule has 188 valence electrons. The van der Waals surface area contributed by atoms with Crippen molar-refractivity contribution in [1.82, 2.24) is 24.9 Å². The van der Waals surface area contributed by atoms with E-state index in [0.717, 1.165) is 11.3 Å². The van der Waals surface area contributed by atoms with Gasteiger partial charge < -0.3 is 14.8 Å². The zero-order chi connectivity index (χ0) is 25.7. The monoisotopic (exact) mass is 509 g/mol. The molecule has 2 heterocycles. The van der Waals surface area contributed by atoms with Crippen LogP contribution in [0.1, 0.15) is 24.1 Å². The maximum absolute atomic E-state index is 13.0. The van der Waals surface area contributed by atoms with Gasteiger partial charge in [0.15, 0.2) is 17.0 Å². The van der Waals surface area contributed by atoms with Gasteiger partial charge in [0.2, 0.25) is 5.91 Å². The molecule has 0 fully saturated rings. The van der Waals surface area contributed by atoms with Crippen LogP contribution in [-0.2, 0) is 17.8 Å². The van der Waals surface area contributed by atoms with Crippen LogP contribution in [0.25, 0.3) is 16.6 Å². The fraction of sp³-hybridized carbons (Fsp3) is 0.308. The molecule has 0 atom stereocenters. The first-order chi connectivity index (χ1) is 17.4. The number of nitrogens with one attached hydrogen (secondary N) is 1. The van der Waals surface area contributed by atoms with Crippen LogP contribution >= 0.6 is 11.6 Å². The molecule has 0 spiro atoms. The highest BCUT2D eigenvalue weighted by Crippen LogP contribution is 2.27. The molecule has 9 nitrogen and oxygen atoms in total. The first-order valence-corrected chi connectivity index (χ1v) is 12.0. The van der Waals surface area contributed by atoms with Gasteiger partial charge in [0.05, 0.1) is 25.6 Å². The van der Waals surface area contributed by atoms with Gasteiger partial charge in [-0.3, -0.25) is 9.59 Å². The Bertz CT molecular complexity index is 1430. The Labute approximate surface area is 213 Å². The summed E-state index contributed by atoms with van der Waals surface area (Å²) in [7, 11) is 3.18. The van der Waals surface area contributed by atoms with Crippen molar-refractivity contribution in [1.29, 1.82) is 0 Å². The zero-order valence-electron chi connectivity index (χ0n) is 20.5. The minimum absolute atomic E-state index is 0.0756. The third-order valence-corrected chi connectivity index (χ3v) is 6.11. The molecule has 2 aromatic heterocycles. The lowest BCUT2D eigenvalue weighted by Gasteiger charge is -2.10. The molecule has 4 rings (SSSR count). The average Bonchev–Trinajstić information content (AvgIpc) is 3.34. The Morgan fingerprint density at radius 1 is 1.06 bits per heavy atom. The molecule has 1 amide bonds. The summed E-state index contributed by atoms with van der Waals surface area (Å²) < 4.78 is 13.6. The van der Waals surface area contributed by atoms with Crippen molar-refractivity contribution in [2.75, 3.05) is 20.8 Å². The lowest BCUT2D eigenvalue weighted by Crippen LogP contribution is -2.27. The van der Waals surface area contributed by atoms with Crippen molar-refractivity contribution < 1.29 is 14.3 Å². The van der Waals surface area contributed by atoms with E-state index in [1.54, 1.807) is 37.2 Å². The van der Waals surface area contributed by atoms with Gasteiger partial charge in [0.1, 0.15) is 0 Å². The molecule has 0 aliphatic carbocycles. The quantitative estimate of drug-likeness (QED) is 0.350. The lowest BCUT2D eigenvalue weighted by molar-refractivity contribution is -0.121. The number of benzene rings is 2. The summed E-state index contributed by atoms with van der Waals surface area (Å²) >= 11 is 5.97. The number of carbonyl (C=O) groups is 1. The van der Waals surface area contributed by atoms with E-state index in [1.807, 2.05) is 37.3 Å². The van der Waals surface area contributed by atoms with Crippen LogP contribution in [0.15, 0.2) is 53.5 Å². The van der Waals surface area contributed by atoms with Crippen molar-refractivity contribution in [3.8, 4) is 17.2 Å². The number of ether oxygens (including phenoxy) is 2. The number of nitrogens with zero attached hydrogens (tertiary/aromatic N) is 4. The first-order valence-electron chi connectivity index (χ1n) is 11.6. The summed E-state index contributed by atoms with van der Waals surface area (Å²) in [6.07, 6.45) is 3.23. The minimum Gasteiger partial charge on any atom is -0.493 e. The van der Waals surface area contributed by atoms with Gasteiger partial charge in [0, 0.05) is 36.1 Å². The van der Waals surface area contributed by atoms with Crippen LogP contribution in [0.2, 0.25) is 5.02 Å². The SMILES string of the molecule is COc1ccc(CCNC(=O)CCCn2nc(C)c3cn(-c4ccc(Cl)cc4)nc3c2=O)cc1OC. The number of hydrogen-bond donors (Lipinski definition) is 1. The molecule has 0 saturated heterocycles. The van der Waals surface area contributed by atoms with Gasteiger partial charge in [-0.25, -0.2) is 9.36 Å². The van der Waals surface area contributed by atoms with E-state index in [4.69, 9.17) is 21.1 Å². The number of aromatic nitrogens is 4. The molecule has 0 aliphatic heterocycles. The van der Waals surface area contributed by atoms with Crippen molar-refractivity contribution in [2.45, 2.75) is 32.7 Å². The topological polar surface area (TPSA) is 100 Å². The summed E-state index contributed by atoms with van der Waals surface area (Å²) in [5.74, 6) is 1.25. The maximum Gasteiger partial charge on any atom is 0.295 e. The second-order valence-corrected chi connectivity index (χ2v) is 8.76. The molecule has 0 bridgehead atoms. The van der Waals surface area contributed by atoms with Gasteiger partial charge in [-0.2, -0.15) is 10.2 Å². The van der Waals surface area contributed by atoms with Crippen LogP contribution in [0.4, 0.5) is 0 Å². The van der Waals surface area contributed by atoms with Gasteiger partial charge in [-0.1, -0.05) is 17.7 Å². The van der Waals surface area contributed by atoms with Crippen molar-refractivity contribution in [3.63, 3.8) is 0 Å². The molecule has 4 aromatic rings. The van der Waals surface area contributed by atoms with E-state index in [2.05, 4.69) is 15.5 Å². The van der Waals surface area contributed by atoms with E-state index in [9.17, 15) is 9.59 Å². The molecule has 36 heavy (non-hydrogen) atoms. The van der Waals surface area contributed by atoms with Crippen LogP contribution in [0.3, 0.4) is 0 Å². The number of methoxy groups -OCH3 is 2. The molecular weight excluding hydrogens is 482 g/mol. The number of fused-ring (bicyclic) bond motifs is 1. The number of hydrogen-bond acceptors (Lipinski definition) is 6. The van der Waals surface area contributed by atoms with Crippen molar-refractivity contribution >= 4 is 28.4 Å². The van der Waals surface area contributed by atoms with Crippen molar-refractivity contribution in [2.24, 2.45) is 0 Å². The van der Waals surface area contributed by atoms with E-state index in [0.29, 0.717) is 59.0 Å². The molecule has 0 saturated carbocycles. The summed E-state index contributed by atoms with van der Waals surface area (Å²) in [6, 6.07) is 12.9. The Balaban J connectivity index is 1.33. The Morgan fingerprint density at radius 2 is 1.81 bits per heavy atom. The fourth-order valence-corrected chi connectivity index (χ4v) is 4.06. The fourth-order valence-electron chi connectivity index (χ4n) is 3.94. The highest BCUT2D eigenvalue weighted by molar-refractivity contribution is 6.30. The van der Waals surface area contributed by atoms with Gasteiger partial charge in [0.25, 0.3) is 5.56 Å². The smallest absolute Gasteiger partial charge is 0.295 e. The predicted molar refractivity (Wildman–Crippen MR) is 138 cm³/mol. The summed E-state index contributed by atoms with van der Waals surface area (Å²) in [4.78, 5) is 25.3. The highest BCUT2D eigenvalue weighted by atomic mass is 35.5. The third kappa shape index (κ3) is 5.68. The largest absolute Gasteiger partial charge is 0.493 e. The molecule has 0 aliphatic rings. The van der Waals surface area contributed by atoms with Crippen LogP contribution in [0, 0.1) is 6.92 Å². The average molecular weight is 510 g/mol. The summed E-state index contributed by atoms with van der Waals surface area (Å²) in [5.41, 5.74) is 2.59. The molecule has 2 aromatic carbocycles. The summed E-state index contributed by atoms with van der Waals surface area (Å²) in [6.45, 7) is 2.67. The number of aryl methyl sites for hydroxylation is 2. The lowest BCUT2D eigenvalue weighted by atomic mass is 10.1. The maximum atomic E-state index is 13.0. The number of rotatable bonds is 10. The number of halogens is 1. The van der Waals surface area contributed by atoms with Gasteiger partial charge >= 0.3 is 0 Å². The third-order valence-electron chi connectivity index (χ3n) is 5.86. The van der Waals surface area contributed by atoms with E-state index in [-0.39, 0.29) is 17.9 Å². The highest BCUT2D eigenvalue weighted by Gasteiger charge is 2.14. The minimum atomic E-state index is -0.280. The van der Waals surface area contributed by atoms with E-state index < -0.39 is 0 Å². The van der Waals surface area contributed by atoms with Crippen molar-refractivity contribution in [3.05, 3.63) is 75.3 Å². The predicted octanol–water partition coefficient (Wildman–Crippen LogP) is 3.70. The standard InChI is InChI=1S/C26H28ClN5O4/c1-17-21-16-32(20-9-7-19(27)8-10-20)30-25(21)26(34)31(29-17)14-4-5-24(33)28-13-12-18-6-11-22(35-2)23(15-18)36-3/h6-11,15-16H,4-5,12-14H2,1-3H3,(H,28,33). The zero-order valence-corrected chi connectivity index (χ0v) is 21.2. The van der Waals surface area contributed by atoms with Crippen LogP contribution in [-0.4, -0.2) is 46.2 Å². The Hall–Kier alpha value is -3.85. The molecule has 1 N–H and O–H groups in total. The summed E-state index contributed by atoms with van der Waals surface area (Å²) in [5, 5.41) is 13.1. The number of carbonyl (C=O) groups excluding carboxylic acids is 1. The first kappa shape index (κ1) is 25.2. The van der Waals surface area contributed by atoms with Crippen LogP contribution < -0.4 is 20.3 Å². The normalized spacial score (nSPS) is 11.0. The van der Waals surface area contributed by atoms with Gasteiger partial charge in [-0.05, 0) is 61.7 Å². The molecule has 10 heteroatoms. The second kappa shape index (κ2) is 11.3. The second-order valence-electron chi connectivity index (χ2n) is 8.32. The van der Waals surface area contributed by atoms with E-state index in [1.165, 1.54) is 4.68 Å². The molecular formula is C26H28ClN5O4. The van der Waals surface area contributed by atoms with Crippen LogP contribution in [0.5, 0.6) is 11.5 Å². The number of amides is 1. The molecule has 0 unspecified atom stereocenters. The van der Waals surface area contributed by atoms with E-state index >= 15 is 0 Å². The Kier molecular flexibility index (Phi) is 7.90. The Morgan fingerprint density at radius 3 is 2.53 bits per heavy atom.